The monoisotopic (exact) mass is 281 g/mol. The predicted molar refractivity (Wildman–Crippen MR) is 62.3 cm³/mol. The first-order valence-electron chi connectivity index (χ1n) is 4.53. The average molecular weight is 282 g/mol. The molecule has 1 aromatic carbocycles. The van der Waals surface area contributed by atoms with E-state index in [1.807, 2.05) is 0 Å². The lowest BCUT2D eigenvalue weighted by atomic mass is 10.2. The van der Waals surface area contributed by atoms with Crippen LogP contribution < -0.4 is 9.64 Å². The van der Waals surface area contributed by atoms with Crippen molar-refractivity contribution in [3.8, 4) is 5.75 Å². The van der Waals surface area contributed by atoms with Crippen LogP contribution in [0.5, 0.6) is 5.75 Å². The second-order valence-corrected chi connectivity index (χ2v) is 4.02. The minimum atomic E-state index is -0.348. The van der Waals surface area contributed by atoms with Gasteiger partial charge in [0, 0.05) is 22.7 Å². The molecule has 1 aliphatic heterocycles. The molecule has 2 rings (SSSR count). The van der Waals surface area contributed by atoms with Crippen LogP contribution in [0.15, 0.2) is 34.8 Å². The highest BCUT2D eigenvalue weighted by Crippen LogP contribution is 2.32. The number of methoxy groups -OCH3 is 1. The molecule has 5 heteroatoms. The number of halogens is 1. The quantitative estimate of drug-likeness (QED) is 0.778. The van der Waals surface area contributed by atoms with Crippen LogP contribution in [0.2, 0.25) is 0 Å². The Hall–Kier alpha value is -1.62. The van der Waals surface area contributed by atoms with Gasteiger partial charge in [0.1, 0.15) is 5.75 Å². The zero-order valence-electron chi connectivity index (χ0n) is 8.44. The number of rotatable bonds is 2. The van der Waals surface area contributed by atoms with Crippen molar-refractivity contribution in [3.05, 3.63) is 34.8 Å². The lowest BCUT2D eigenvalue weighted by Gasteiger charge is -2.16. The second kappa shape index (κ2) is 4.09. The molecule has 0 saturated carbocycles. The van der Waals surface area contributed by atoms with Gasteiger partial charge in [0.2, 0.25) is 0 Å². The number of carbonyl (C=O) groups is 2. The van der Waals surface area contributed by atoms with Gasteiger partial charge >= 0.3 is 0 Å². The zero-order valence-corrected chi connectivity index (χ0v) is 10.0. The Kier molecular flexibility index (Phi) is 2.78. The third-order valence-electron chi connectivity index (χ3n) is 2.20. The van der Waals surface area contributed by atoms with Crippen LogP contribution in [0, 0.1) is 0 Å². The Balaban J connectivity index is 2.47. The third-order valence-corrected chi connectivity index (χ3v) is 2.87. The van der Waals surface area contributed by atoms with E-state index in [9.17, 15) is 9.59 Å². The predicted octanol–water partition coefficient (Wildman–Crippen LogP) is 1.89. The Morgan fingerprint density at radius 2 is 1.81 bits per heavy atom. The minimum absolute atomic E-state index is 0.348. The van der Waals surface area contributed by atoms with Crippen molar-refractivity contribution in [2.24, 2.45) is 0 Å². The molecule has 4 nitrogen and oxygen atoms in total. The molecule has 0 unspecified atom stereocenters. The smallest absolute Gasteiger partial charge is 0.258 e. The molecule has 1 aromatic rings. The van der Waals surface area contributed by atoms with Crippen molar-refractivity contribution < 1.29 is 14.3 Å². The summed E-state index contributed by atoms with van der Waals surface area (Å²) in [6, 6.07) is 5.10. The molecule has 2 amide bonds. The van der Waals surface area contributed by atoms with Gasteiger partial charge in [-0.05, 0) is 28.1 Å². The maximum Gasteiger partial charge on any atom is 0.258 e. The highest BCUT2D eigenvalue weighted by atomic mass is 79.9. The Labute approximate surface area is 101 Å². The Morgan fingerprint density at radius 1 is 1.19 bits per heavy atom. The Bertz CT molecular complexity index is 478. The van der Waals surface area contributed by atoms with E-state index in [0.717, 1.165) is 4.90 Å². The van der Waals surface area contributed by atoms with E-state index in [4.69, 9.17) is 4.74 Å². The second-order valence-electron chi connectivity index (χ2n) is 3.16. The van der Waals surface area contributed by atoms with Crippen molar-refractivity contribution >= 4 is 33.4 Å². The summed E-state index contributed by atoms with van der Waals surface area (Å²) in [4.78, 5) is 24.1. The molecule has 16 heavy (non-hydrogen) atoms. The number of amides is 2. The number of hydrogen-bond donors (Lipinski definition) is 0. The molecule has 82 valence electrons. The number of imide groups is 1. The summed E-state index contributed by atoms with van der Waals surface area (Å²) in [7, 11) is 1.53. The number of carbonyl (C=O) groups excluding carboxylic acids is 2. The first kappa shape index (κ1) is 10.9. The normalized spacial score (nSPS) is 14.8. The zero-order chi connectivity index (χ0) is 11.7. The van der Waals surface area contributed by atoms with Gasteiger partial charge in [0.25, 0.3) is 11.8 Å². The fourth-order valence-corrected chi connectivity index (χ4v) is 1.85. The maximum absolute atomic E-state index is 11.5. The molecule has 0 saturated heterocycles. The number of hydrogen-bond acceptors (Lipinski definition) is 3. The number of benzene rings is 1. The van der Waals surface area contributed by atoms with E-state index < -0.39 is 0 Å². The standard InChI is InChI=1S/C11H8BrNO3/c1-16-7-2-3-8(12)9(6-7)13-10(14)4-5-11(13)15/h2-6H,1H3. The molecule has 1 heterocycles. The molecule has 1 aliphatic rings. The van der Waals surface area contributed by atoms with E-state index in [1.165, 1.54) is 19.3 Å². The third kappa shape index (κ3) is 1.74. The lowest BCUT2D eigenvalue weighted by molar-refractivity contribution is -0.119. The van der Waals surface area contributed by atoms with Crippen LogP contribution in [-0.2, 0) is 9.59 Å². The molecular weight excluding hydrogens is 274 g/mol. The average Bonchev–Trinajstić information content (AvgIpc) is 2.60. The molecule has 0 fully saturated rings. The van der Waals surface area contributed by atoms with Crippen molar-refractivity contribution in [2.75, 3.05) is 12.0 Å². The van der Waals surface area contributed by atoms with Crippen LogP contribution in [-0.4, -0.2) is 18.9 Å². The molecule has 0 spiro atoms. The van der Waals surface area contributed by atoms with E-state index in [-0.39, 0.29) is 11.8 Å². The van der Waals surface area contributed by atoms with E-state index >= 15 is 0 Å². The summed E-state index contributed by atoms with van der Waals surface area (Å²) >= 11 is 3.30. The summed E-state index contributed by atoms with van der Waals surface area (Å²) < 4.78 is 5.71. The van der Waals surface area contributed by atoms with Crippen molar-refractivity contribution in [3.63, 3.8) is 0 Å². The van der Waals surface area contributed by atoms with Gasteiger partial charge < -0.3 is 4.74 Å². The molecule has 0 aromatic heterocycles. The highest BCUT2D eigenvalue weighted by Gasteiger charge is 2.27. The number of nitrogens with zero attached hydrogens (tertiary/aromatic N) is 1. The van der Waals surface area contributed by atoms with Gasteiger partial charge in [-0.2, -0.15) is 0 Å². The molecule has 0 atom stereocenters. The number of anilines is 1. The van der Waals surface area contributed by atoms with Crippen LogP contribution in [0.3, 0.4) is 0 Å². The van der Waals surface area contributed by atoms with Gasteiger partial charge in [-0.25, -0.2) is 4.90 Å². The topological polar surface area (TPSA) is 46.6 Å². The van der Waals surface area contributed by atoms with Gasteiger partial charge in [-0.3, -0.25) is 9.59 Å². The summed E-state index contributed by atoms with van der Waals surface area (Å²) in [5.74, 6) is -0.108. The molecule has 0 radical (unpaired) electrons. The van der Waals surface area contributed by atoms with E-state index in [1.54, 1.807) is 18.2 Å². The van der Waals surface area contributed by atoms with Gasteiger partial charge in [-0.15, -0.1) is 0 Å². The molecular formula is C11H8BrNO3. The van der Waals surface area contributed by atoms with E-state index in [2.05, 4.69) is 15.9 Å². The molecule has 0 N–H and O–H groups in total. The minimum Gasteiger partial charge on any atom is -0.497 e. The molecule has 0 bridgehead atoms. The van der Waals surface area contributed by atoms with Crippen LogP contribution in [0.25, 0.3) is 0 Å². The SMILES string of the molecule is COc1ccc(Br)c(N2C(=O)C=CC2=O)c1. The van der Waals surface area contributed by atoms with Crippen LogP contribution >= 0.6 is 15.9 Å². The largest absolute Gasteiger partial charge is 0.497 e. The fourth-order valence-electron chi connectivity index (χ4n) is 1.43. The summed E-state index contributed by atoms with van der Waals surface area (Å²) in [6.07, 6.45) is 2.49. The summed E-state index contributed by atoms with van der Waals surface area (Å²) in [6.45, 7) is 0. The van der Waals surface area contributed by atoms with Crippen LogP contribution in [0.1, 0.15) is 0 Å². The highest BCUT2D eigenvalue weighted by molar-refractivity contribution is 9.10. The summed E-state index contributed by atoms with van der Waals surface area (Å²) in [5, 5.41) is 0. The maximum atomic E-state index is 11.5. The first-order chi connectivity index (χ1) is 7.63. The Morgan fingerprint density at radius 3 is 2.38 bits per heavy atom. The van der Waals surface area contributed by atoms with Gasteiger partial charge in [0.05, 0.1) is 12.8 Å². The van der Waals surface area contributed by atoms with Crippen molar-refractivity contribution in [1.29, 1.82) is 0 Å². The van der Waals surface area contributed by atoms with Crippen molar-refractivity contribution in [2.45, 2.75) is 0 Å². The number of ether oxygens (including phenoxy) is 1. The van der Waals surface area contributed by atoms with E-state index in [0.29, 0.717) is 15.9 Å². The fraction of sp³-hybridized carbons (Fsp3) is 0.0909. The van der Waals surface area contributed by atoms with Crippen molar-refractivity contribution in [1.82, 2.24) is 0 Å². The van der Waals surface area contributed by atoms with Crippen LogP contribution in [0.4, 0.5) is 5.69 Å². The first-order valence-corrected chi connectivity index (χ1v) is 5.32. The lowest BCUT2D eigenvalue weighted by Crippen LogP contribution is -2.29. The summed E-state index contributed by atoms with van der Waals surface area (Å²) in [5.41, 5.74) is 0.486. The van der Waals surface area contributed by atoms with Gasteiger partial charge in [-0.1, -0.05) is 0 Å². The molecule has 0 aliphatic carbocycles. The van der Waals surface area contributed by atoms with Gasteiger partial charge in [0.15, 0.2) is 0 Å².